The van der Waals surface area contributed by atoms with Gasteiger partial charge in [-0.3, -0.25) is 4.79 Å². The number of nitrogens with one attached hydrogen (secondary N) is 2. The molecule has 0 spiro atoms. The van der Waals surface area contributed by atoms with E-state index in [4.69, 9.17) is 11.2 Å². The number of rotatable bonds is 8. The standard InChI is InChI=1S/C15H19FN2O2/c1-3-5-17-10-12-7-13(16)9-14(8-12)20-11-15(19)18-6-4-2/h2,7-9,17H,3,5-6,10-11H2,1H3,(H,18,19). The zero-order valence-electron chi connectivity index (χ0n) is 11.5. The van der Waals surface area contributed by atoms with Crippen molar-refractivity contribution in [1.29, 1.82) is 0 Å². The second kappa shape index (κ2) is 8.94. The molecular weight excluding hydrogens is 259 g/mol. The van der Waals surface area contributed by atoms with Crippen LogP contribution < -0.4 is 15.4 Å². The summed E-state index contributed by atoms with van der Waals surface area (Å²) in [6.45, 7) is 3.44. The molecule has 1 aromatic rings. The van der Waals surface area contributed by atoms with Crippen LogP contribution in [0.3, 0.4) is 0 Å². The first-order valence-corrected chi connectivity index (χ1v) is 6.49. The molecule has 0 atom stereocenters. The molecular formula is C15H19FN2O2. The summed E-state index contributed by atoms with van der Waals surface area (Å²) in [4.78, 5) is 11.3. The number of benzene rings is 1. The highest BCUT2D eigenvalue weighted by atomic mass is 19.1. The summed E-state index contributed by atoms with van der Waals surface area (Å²) in [5.74, 6) is 1.89. The lowest BCUT2D eigenvalue weighted by atomic mass is 10.2. The fourth-order valence-corrected chi connectivity index (χ4v) is 1.57. The maximum absolute atomic E-state index is 13.4. The summed E-state index contributed by atoms with van der Waals surface area (Å²) >= 11 is 0. The fourth-order valence-electron chi connectivity index (χ4n) is 1.57. The van der Waals surface area contributed by atoms with Crippen LogP contribution in [-0.4, -0.2) is 25.6 Å². The number of ether oxygens (including phenoxy) is 1. The summed E-state index contributed by atoms with van der Waals surface area (Å²) in [6, 6.07) is 4.39. The van der Waals surface area contributed by atoms with E-state index < -0.39 is 0 Å². The van der Waals surface area contributed by atoms with E-state index in [1.54, 1.807) is 6.07 Å². The molecule has 0 aromatic heterocycles. The van der Waals surface area contributed by atoms with Gasteiger partial charge in [0.05, 0.1) is 6.54 Å². The average Bonchev–Trinajstić information content (AvgIpc) is 2.42. The van der Waals surface area contributed by atoms with Crippen LogP contribution in [0.4, 0.5) is 4.39 Å². The maximum atomic E-state index is 13.4. The smallest absolute Gasteiger partial charge is 0.258 e. The zero-order chi connectivity index (χ0) is 14.8. The Bertz CT molecular complexity index is 483. The lowest BCUT2D eigenvalue weighted by molar-refractivity contribution is -0.122. The van der Waals surface area contributed by atoms with Crippen LogP contribution in [0, 0.1) is 18.2 Å². The Morgan fingerprint density at radius 2 is 2.25 bits per heavy atom. The van der Waals surface area contributed by atoms with Gasteiger partial charge in [0.15, 0.2) is 6.61 Å². The summed E-state index contributed by atoms with van der Waals surface area (Å²) in [5.41, 5.74) is 0.775. The normalized spacial score (nSPS) is 9.85. The molecule has 0 aliphatic heterocycles. The summed E-state index contributed by atoms with van der Waals surface area (Å²) < 4.78 is 18.7. The molecule has 1 aromatic carbocycles. The van der Waals surface area contributed by atoms with Crippen LogP contribution in [0.25, 0.3) is 0 Å². The van der Waals surface area contributed by atoms with Crippen molar-refractivity contribution in [3.05, 3.63) is 29.6 Å². The second-order valence-electron chi connectivity index (χ2n) is 4.24. The van der Waals surface area contributed by atoms with Crippen molar-refractivity contribution >= 4 is 5.91 Å². The van der Waals surface area contributed by atoms with E-state index in [0.717, 1.165) is 18.5 Å². The third kappa shape index (κ3) is 6.21. The quantitative estimate of drug-likeness (QED) is 0.559. The van der Waals surface area contributed by atoms with Crippen LogP contribution in [-0.2, 0) is 11.3 Å². The maximum Gasteiger partial charge on any atom is 0.258 e. The van der Waals surface area contributed by atoms with Gasteiger partial charge in [-0.25, -0.2) is 4.39 Å². The van der Waals surface area contributed by atoms with E-state index in [1.807, 2.05) is 0 Å². The number of hydrogen-bond acceptors (Lipinski definition) is 3. The van der Waals surface area contributed by atoms with Gasteiger partial charge < -0.3 is 15.4 Å². The van der Waals surface area contributed by atoms with Crippen LogP contribution >= 0.6 is 0 Å². The van der Waals surface area contributed by atoms with Gasteiger partial charge in [-0.15, -0.1) is 6.42 Å². The molecule has 0 saturated carbocycles. The molecule has 1 rings (SSSR count). The SMILES string of the molecule is C#CCNC(=O)COc1cc(F)cc(CNCCC)c1. The van der Waals surface area contributed by atoms with Gasteiger partial charge in [0.2, 0.25) is 0 Å². The molecule has 0 saturated heterocycles. The molecule has 2 N–H and O–H groups in total. The van der Waals surface area contributed by atoms with Gasteiger partial charge in [0.1, 0.15) is 11.6 Å². The predicted octanol–water partition coefficient (Wildman–Crippen LogP) is 1.45. The first kappa shape index (κ1) is 16.0. The van der Waals surface area contributed by atoms with Gasteiger partial charge in [-0.2, -0.15) is 0 Å². The first-order chi connectivity index (χ1) is 9.65. The number of carbonyl (C=O) groups excluding carboxylic acids is 1. The first-order valence-electron chi connectivity index (χ1n) is 6.49. The molecule has 4 nitrogen and oxygen atoms in total. The minimum atomic E-state index is -0.389. The van der Waals surface area contributed by atoms with Gasteiger partial charge in [-0.1, -0.05) is 12.8 Å². The van der Waals surface area contributed by atoms with Crippen molar-refractivity contribution in [1.82, 2.24) is 10.6 Å². The number of hydrogen-bond donors (Lipinski definition) is 2. The Hall–Kier alpha value is -2.06. The Labute approximate surface area is 118 Å². The van der Waals surface area contributed by atoms with Crippen molar-refractivity contribution in [2.45, 2.75) is 19.9 Å². The lowest BCUT2D eigenvalue weighted by Crippen LogP contribution is -2.29. The molecule has 0 fully saturated rings. The highest BCUT2D eigenvalue weighted by Gasteiger charge is 2.05. The molecule has 0 radical (unpaired) electrons. The third-order valence-corrected chi connectivity index (χ3v) is 2.44. The van der Waals surface area contributed by atoms with Crippen molar-refractivity contribution in [3.8, 4) is 18.1 Å². The topological polar surface area (TPSA) is 50.4 Å². The molecule has 20 heavy (non-hydrogen) atoms. The van der Waals surface area contributed by atoms with E-state index in [-0.39, 0.29) is 24.9 Å². The molecule has 0 unspecified atom stereocenters. The van der Waals surface area contributed by atoms with Crippen LogP contribution in [0.2, 0.25) is 0 Å². The molecule has 108 valence electrons. The van der Waals surface area contributed by atoms with Crippen molar-refractivity contribution in [3.63, 3.8) is 0 Å². The lowest BCUT2D eigenvalue weighted by Gasteiger charge is -2.09. The van der Waals surface area contributed by atoms with Crippen LogP contribution in [0.5, 0.6) is 5.75 Å². The summed E-state index contributed by atoms with van der Waals surface area (Å²) in [7, 11) is 0. The number of carbonyl (C=O) groups is 1. The van der Waals surface area contributed by atoms with Gasteiger partial charge in [0.25, 0.3) is 5.91 Å². The molecule has 0 bridgehead atoms. The average molecular weight is 278 g/mol. The van der Waals surface area contributed by atoms with E-state index >= 15 is 0 Å². The third-order valence-electron chi connectivity index (χ3n) is 2.44. The molecule has 0 aliphatic carbocycles. The zero-order valence-corrected chi connectivity index (χ0v) is 11.5. The van der Waals surface area contributed by atoms with Crippen LogP contribution in [0.15, 0.2) is 18.2 Å². The second-order valence-corrected chi connectivity index (χ2v) is 4.24. The number of amides is 1. The number of halogens is 1. The van der Waals surface area contributed by atoms with Crippen LogP contribution in [0.1, 0.15) is 18.9 Å². The molecule has 0 aliphatic rings. The fraction of sp³-hybridized carbons (Fsp3) is 0.400. The molecule has 0 heterocycles. The largest absolute Gasteiger partial charge is 0.484 e. The summed E-state index contributed by atoms with van der Waals surface area (Å²) in [6.07, 6.45) is 6.03. The highest BCUT2D eigenvalue weighted by Crippen LogP contribution is 2.16. The molecule has 5 heteroatoms. The van der Waals surface area contributed by atoms with Crippen molar-refractivity contribution < 1.29 is 13.9 Å². The summed E-state index contributed by atoms with van der Waals surface area (Å²) in [5, 5.41) is 5.64. The van der Waals surface area contributed by atoms with E-state index in [9.17, 15) is 9.18 Å². The monoisotopic (exact) mass is 278 g/mol. The Balaban J connectivity index is 2.53. The van der Waals surface area contributed by atoms with E-state index in [2.05, 4.69) is 23.5 Å². The predicted molar refractivity (Wildman–Crippen MR) is 75.7 cm³/mol. The Morgan fingerprint density at radius 1 is 1.45 bits per heavy atom. The van der Waals surface area contributed by atoms with Gasteiger partial charge in [0, 0.05) is 12.6 Å². The minimum absolute atomic E-state index is 0.150. The number of terminal acetylenes is 1. The highest BCUT2D eigenvalue weighted by molar-refractivity contribution is 5.77. The van der Waals surface area contributed by atoms with E-state index in [1.165, 1.54) is 12.1 Å². The van der Waals surface area contributed by atoms with Crippen molar-refractivity contribution in [2.24, 2.45) is 0 Å². The van der Waals surface area contributed by atoms with Gasteiger partial charge >= 0.3 is 0 Å². The van der Waals surface area contributed by atoms with Gasteiger partial charge in [-0.05, 0) is 30.7 Å². The van der Waals surface area contributed by atoms with Crippen molar-refractivity contribution in [2.75, 3.05) is 19.7 Å². The van der Waals surface area contributed by atoms with E-state index in [0.29, 0.717) is 12.3 Å². The minimum Gasteiger partial charge on any atom is -0.484 e. The molecule has 1 amide bonds. The Kier molecular flexibility index (Phi) is 7.15. The Morgan fingerprint density at radius 3 is 2.95 bits per heavy atom.